The van der Waals surface area contributed by atoms with Gasteiger partial charge in [0.05, 0.1) is 28.5 Å². The number of benzene rings is 1. The first-order chi connectivity index (χ1) is 13.1. The van der Waals surface area contributed by atoms with Gasteiger partial charge in [0.15, 0.2) is 0 Å². The lowest BCUT2D eigenvalue weighted by molar-refractivity contribution is 0.0941. The van der Waals surface area contributed by atoms with Crippen molar-refractivity contribution in [2.75, 3.05) is 0 Å². The number of hydrogen-bond donors (Lipinski definition) is 2. The molecule has 1 unspecified atom stereocenters. The van der Waals surface area contributed by atoms with E-state index in [1.165, 1.54) is 11.3 Å². The molecule has 1 aromatic carbocycles. The molecule has 0 saturated carbocycles. The lowest BCUT2D eigenvalue weighted by Crippen LogP contribution is -2.27. The summed E-state index contributed by atoms with van der Waals surface area (Å²) >= 11 is 3.04. The highest BCUT2D eigenvalue weighted by atomic mass is 32.1. The normalized spacial score (nSPS) is 12.1. The minimum absolute atomic E-state index is 0.127. The molecule has 0 bridgehead atoms. The quantitative estimate of drug-likeness (QED) is 0.497. The van der Waals surface area contributed by atoms with Gasteiger partial charge in [-0.25, -0.2) is 9.97 Å². The van der Waals surface area contributed by atoms with Crippen LogP contribution in [0.5, 0.6) is 0 Å². The summed E-state index contributed by atoms with van der Waals surface area (Å²) in [4.78, 5) is 26.7. The van der Waals surface area contributed by atoms with Gasteiger partial charge in [0, 0.05) is 0 Å². The molecule has 2 N–H and O–H groups in total. The van der Waals surface area contributed by atoms with Crippen molar-refractivity contribution in [1.29, 1.82) is 0 Å². The number of aryl methyl sites for hydroxylation is 1. The van der Waals surface area contributed by atoms with E-state index in [0.29, 0.717) is 4.88 Å². The maximum absolute atomic E-state index is 12.7. The van der Waals surface area contributed by atoms with Crippen molar-refractivity contribution in [2.24, 2.45) is 0 Å². The number of H-pyrrole nitrogens is 1. The lowest BCUT2D eigenvalue weighted by Gasteiger charge is -2.10. The molecule has 4 aromatic rings. The maximum Gasteiger partial charge on any atom is 0.263 e. The Balaban J connectivity index is 1.49. The van der Waals surface area contributed by atoms with Gasteiger partial charge in [0.2, 0.25) is 0 Å². The third-order valence-electron chi connectivity index (χ3n) is 4.17. The van der Waals surface area contributed by atoms with Crippen molar-refractivity contribution >= 4 is 28.6 Å². The van der Waals surface area contributed by atoms with Gasteiger partial charge >= 0.3 is 0 Å². The number of aromatic nitrogens is 3. The number of thiophene rings is 1. The molecule has 0 aliphatic rings. The molecule has 0 fully saturated rings. The number of amides is 1. The second-order valence-electron chi connectivity index (χ2n) is 6.15. The molecule has 1 atom stereocenters. The van der Waals surface area contributed by atoms with Crippen LogP contribution in [-0.4, -0.2) is 20.9 Å². The van der Waals surface area contributed by atoms with Crippen LogP contribution >= 0.6 is 22.7 Å². The Kier molecular flexibility index (Phi) is 4.87. The molecular formula is C20H18N4OS2. The van der Waals surface area contributed by atoms with Crippen LogP contribution in [-0.2, 0) is 0 Å². The molecule has 4 rings (SSSR count). The van der Waals surface area contributed by atoms with Crippen molar-refractivity contribution in [3.8, 4) is 21.1 Å². The van der Waals surface area contributed by atoms with E-state index in [2.05, 4.69) is 20.3 Å². The van der Waals surface area contributed by atoms with Crippen LogP contribution in [0.1, 0.15) is 34.2 Å². The molecule has 0 aliphatic heterocycles. The van der Waals surface area contributed by atoms with E-state index in [1.54, 1.807) is 17.5 Å². The van der Waals surface area contributed by atoms with Crippen LogP contribution in [0.4, 0.5) is 0 Å². The molecule has 3 aromatic heterocycles. The summed E-state index contributed by atoms with van der Waals surface area (Å²) in [6.45, 7) is 3.79. The zero-order chi connectivity index (χ0) is 18.8. The number of carbonyl (C=O) groups is 1. The monoisotopic (exact) mass is 394 g/mol. The van der Waals surface area contributed by atoms with Crippen LogP contribution in [0.3, 0.4) is 0 Å². The van der Waals surface area contributed by atoms with Gasteiger partial charge in [-0.05, 0) is 30.9 Å². The molecule has 0 spiro atoms. The summed E-state index contributed by atoms with van der Waals surface area (Å²) in [7, 11) is 0. The van der Waals surface area contributed by atoms with Crippen molar-refractivity contribution in [2.45, 2.75) is 19.9 Å². The first-order valence-electron chi connectivity index (χ1n) is 8.54. The summed E-state index contributed by atoms with van der Waals surface area (Å²) < 4.78 is 0. The number of rotatable bonds is 5. The van der Waals surface area contributed by atoms with Crippen molar-refractivity contribution in [3.05, 3.63) is 70.4 Å². The average molecular weight is 395 g/mol. The Morgan fingerprint density at radius 1 is 1.19 bits per heavy atom. The summed E-state index contributed by atoms with van der Waals surface area (Å²) in [6.07, 6.45) is 1.79. The number of imidazole rings is 1. The van der Waals surface area contributed by atoms with Crippen LogP contribution in [0.25, 0.3) is 21.1 Å². The van der Waals surface area contributed by atoms with Gasteiger partial charge < -0.3 is 10.3 Å². The molecule has 0 saturated heterocycles. The number of aromatic amines is 1. The Hall–Kier alpha value is -2.77. The zero-order valence-corrected chi connectivity index (χ0v) is 16.5. The predicted octanol–water partition coefficient (Wildman–Crippen LogP) is 5.06. The SMILES string of the molecule is Cc1nc(-c2cccs2)sc1C(=O)NC(C)c1ncc(-c2ccccc2)[nH]1. The van der Waals surface area contributed by atoms with E-state index >= 15 is 0 Å². The lowest BCUT2D eigenvalue weighted by atomic mass is 10.2. The molecular weight excluding hydrogens is 376 g/mol. The van der Waals surface area contributed by atoms with Gasteiger partial charge in [-0.2, -0.15) is 0 Å². The van der Waals surface area contributed by atoms with Crippen molar-refractivity contribution < 1.29 is 4.79 Å². The Bertz CT molecular complexity index is 1050. The van der Waals surface area contributed by atoms with E-state index in [-0.39, 0.29) is 11.9 Å². The van der Waals surface area contributed by atoms with E-state index < -0.39 is 0 Å². The highest BCUT2D eigenvalue weighted by Gasteiger charge is 2.20. The molecule has 1 amide bonds. The molecule has 0 aliphatic carbocycles. The van der Waals surface area contributed by atoms with E-state index in [0.717, 1.165) is 32.7 Å². The summed E-state index contributed by atoms with van der Waals surface area (Å²) in [5, 5.41) is 5.91. The third kappa shape index (κ3) is 3.70. The van der Waals surface area contributed by atoms with E-state index in [1.807, 2.05) is 61.7 Å². The Morgan fingerprint density at radius 2 is 2.00 bits per heavy atom. The standard InChI is InChI=1S/C20H18N4OS2/c1-12-17(27-20(23-12)16-9-6-10-26-16)19(25)22-13(2)18-21-11-15(24-18)14-7-4-3-5-8-14/h3-11,13H,1-2H3,(H,21,24)(H,22,25). The second-order valence-corrected chi connectivity index (χ2v) is 8.10. The minimum atomic E-state index is -0.235. The van der Waals surface area contributed by atoms with Gasteiger partial charge in [-0.3, -0.25) is 4.79 Å². The number of thiazole rings is 1. The van der Waals surface area contributed by atoms with Crippen LogP contribution in [0.2, 0.25) is 0 Å². The first-order valence-corrected chi connectivity index (χ1v) is 10.2. The van der Waals surface area contributed by atoms with Crippen LogP contribution in [0, 0.1) is 6.92 Å². The molecule has 7 heteroatoms. The van der Waals surface area contributed by atoms with Gasteiger partial charge in [-0.15, -0.1) is 22.7 Å². The number of carbonyl (C=O) groups excluding carboxylic acids is 1. The zero-order valence-electron chi connectivity index (χ0n) is 14.9. The minimum Gasteiger partial charge on any atom is -0.342 e. The fourth-order valence-corrected chi connectivity index (χ4v) is 4.53. The van der Waals surface area contributed by atoms with Gasteiger partial charge in [0.25, 0.3) is 5.91 Å². The predicted molar refractivity (Wildman–Crippen MR) is 110 cm³/mol. The van der Waals surface area contributed by atoms with Crippen LogP contribution in [0.15, 0.2) is 54.0 Å². The molecule has 0 radical (unpaired) electrons. The number of nitrogens with zero attached hydrogens (tertiary/aromatic N) is 2. The first kappa shape index (κ1) is 17.6. The highest BCUT2D eigenvalue weighted by molar-refractivity contribution is 7.22. The maximum atomic E-state index is 12.7. The van der Waals surface area contributed by atoms with E-state index in [9.17, 15) is 4.79 Å². The number of hydrogen-bond acceptors (Lipinski definition) is 5. The number of nitrogens with one attached hydrogen (secondary N) is 2. The fraction of sp³-hybridized carbons (Fsp3) is 0.150. The molecule has 27 heavy (non-hydrogen) atoms. The van der Waals surface area contributed by atoms with Gasteiger partial charge in [-0.1, -0.05) is 36.4 Å². The summed E-state index contributed by atoms with van der Waals surface area (Å²) in [5.74, 6) is 0.598. The smallest absolute Gasteiger partial charge is 0.263 e. The molecule has 3 heterocycles. The highest BCUT2D eigenvalue weighted by Crippen LogP contribution is 2.31. The summed E-state index contributed by atoms with van der Waals surface area (Å²) in [6, 6.07) is 13.8. The Morgan fingerprint density at radius 3 is 2.74 bits per heavy atom. The largest absolute Gasteiger partial charge is 0.342 e. The fourth-order valence-electron chi connectivity index (χ4n) is 2.76. The average Bonchev–Trinajstić information content (AvgIpc) is 3.42. The Labute approximate surface area is 165 Å². The second kappa shape index (κ2) is 7.46. The van der Waals surface area contributed by atoms with E-state index in [4.69, 9.17) is 0 Å². The molecule has 136 valence electrons. The third-order valence-corrected chi connectivity index (χ3v) is 6.37. The van der Waals surface area contributed by atoms with Crippen molar-refractivity contribution in [1.82, 2.24) is 20.3 Å². The van der Waals surface area contributed by atoms with Crippen LogP contribution < -0.4 is 5.32 Å². The van der Waals surface area contributed by atoms with Gasteiger partial charge in [0.1, 0.15) is 15.7 Å². The molecule has 5 nitrogen and oxygen atoms in total. The van der Waals surface area contributed by atoms with Crippen molar-refractivity contribution in [3.63, 3.8) is 0 Å². The topological polar surface area (TPSA) is 70.7 Å². The summed E-state index contributed by atoms with van der Waals surface area (Å²) in [5.41, 5.74) is 2.74.